The summed E-state index contributed by atoms with van der Waals surface area (Å²) in [4.78, 5) is 15.2. The number of aliphatic imine (C=N–C) groups is 1. The van der Waals surface area contributed by atoms with Crippen molar-refractivity contribution >= 4 is 57.6 Å². The number of hydrogen-bond acceptors (Lipinski definition) is 5. The first-order valence-electron chi connectivity index (χ1n) is 7.81. The van der Waals surface area contributed by atoms with Gasteiger partial charge in [0.15, 0.2) is 5.96 Å². The SMILES string of the molecule is CN=C(NCCS(=O)(=O)N1CCSCC1)NC1CCC(=O)NC1.I. The van der Waals surface area contributed by atoms with E-state index < -0.39 is 10.0 Å². The summed E-state index contributed by atoms with van der Waals surface area (Å²) in [5.41, 5.74) is 0. The molecule has 8 nitrogen and oxygen atoms in total. The highest BCUT2D eigenvalue weighted by molar-refractivity contribution is 14.0. The fourth-order valence-electron chi connectivity index (χ4n) is 2.50. The van der Waals surface area contributed by atoms with Crippen LogP contribution in [-0.4, -0.2) is 81.1 Å². The summed E-state index contributed by atoms with van der Waals surface area (Å²) in [6.07, 6.45) is 1.24. The molecule has 1 unspecified atom stereocenters. The molecule has 0 aromatic heterocycles. The van der Waals surface area contributed by atoms with Crippen LogP contribution in [-0.2, 0) is 14.8 Å². The van der Waals surface area contributed by atoms with Crippen molar-refractivity contribution < 1.29 is 13.2 Å². The van der Waals surface area contributed by atoms with Crippen LogP contribution in [0.3, 0.4) is 0 Å². The van der Waals surface area contributed by atoms with Gasteiger partial charge in [-0.3, -0.25) is 9.79 Å². The van der Waals surface area contributed by atoms with E-state index >= 15 is 0 Å². The van der Waals surface area contributed by atoms with Crippen molar-refractivity contribution in [3.63, 3.8) is 0 Å². The number of hydrogen-bond donors (Lipinski definition) is 3. The van der Waals surface area contributed by atoms with Crippen molar-refractivity contribution in [1.82, 2.24) is 20.3 Å². The second-order valence-electron chi connectivity index (χ2n) is 5.51. The second-order valence-corrected chi connectivity index (χ2v) is 8.82. The number of rotatable bonds is 5. The molecule has 0 aliphatic carbocycles. The van der Waals surface area contributed by atoms with Crippen LogP contribution in [0.4, 0.5) is 0 Å². The van der Waals surface area contributed by atoms with Crippen molar-refractivity contribution in [3.8, 4) is 0 Å². The van der Waals surface area contributed by atoms with E-state index in [9.17, 15) is 13.2 Å². The lowest BCUT2D eigenvalue weighted by molar-refractivity contribution is -0.122. The normalized spacial score (nSPS) is 23.1. The zero-order valence-corrected chi connectivity index (χ0v) is 17.7. The highest BCUT2D eigenvalue weighted by Gasteiger charge is 2.24. The van der Waals surface area contributed by atoms with Gasteiger partial charge in [-0.05, 0) is 6.42 Å². The molecule has 0 aromatic carbocycles. The molecule has 0 saturated carbocycles. The zero-order chi connectivity index (χ0) is 16.7. The fourth-order valence-corrected chi connectivity index (χ4v) is 4.99. The summed E-state index contributed by atoms with van der Waals surface area (Å²) in [5.74, 6) is 2.42. The van der Waals surface area contributed by atoms with Crippen LogP contribution in [0.5, 0.6) is 0 Å². The Kier molecular flexibility index (Phi) is 9.67. The lowest BCUT2D eigenvalue weighted by atomic mass is 10.1. The van der Waals surface area contributed by atoms with E-state index in [1.807, 2.05) is 0 Å². The first-order chi connectivity index (χ1) is 11.0. The van der Waals surface area contributed by atoms with Gasteiger partial charge in [0.25, 0.3) is 0 Å². The van der Waals surface area contributed by atoms with Gasteiger partial charge in [-0.25, -0.2) is 12.7 Å². The lowest BCUT2D eigenvalue weighted by Gasteiger charge is -2.27. The third-order valence-electron chi connectivity index (χ3n) is 3.85. The van der Waals surface area contributed by atoms with Crippen LogP contribution >= 0.6 is 35.7 Å². The molecule has 140 valence electrons. The van der Waals surface area contributed by atoms with Gasteiger partial charge < -0.3 is 16.0 Å². The minimum absolute atomic E-state index is 0. The average Bonchev–Trinajstić information content (AvgIpc) is 2.56. The Hall–Kier alpha value is -0.270. The van der Waals surface area contributed by atoms with E-state index in [1.54, 1.807) is 23.1 Å². The molecule has 24 heavy (non-hydrogen) atoms. The van der Waals surface area contributed by atoms with Gasteiger partial charge in [0.2, 0.25) is 15.9 Å². The predicted molar refractivity (Wildman–Crippen MR) is 109 cm³/mol. The van der Waals surface area contributed by atoms with Crippen LogP contribution < -0.4 is 16.0 Å². The number of guanidine groups is 1. The number of nitrogens with zero attached hydrogens (tertiary/aromatic N) is 2. The van der Waals surface area contributed by atoms with Crippen molar-refractivity contribution in [2.75, 3.05) is 50.5 Å². The molecule has 2 saturated heterocycles. The molecule has 1 amide bonds. The predicted octanol–water partition coefficient (Wildman–Crippen LogP) is -0.573. The van der Waals surface area contributed by atoms with E-state index in [1.165, 1.54) is 0 Å². The minimum Gasteiger partial charge on any atom is -0.355 e. The van der Waals surface area contributed by atoms with Gasteiger partial charge in [0, 0.05) is 57.2 Å². The summed E-state index contributed by atoms with van der Waals surface area (Å²) in [6.45, 7) is 2.07. The molecule has 2 fully saturated rings. The first-order valence-corrected chi connectivity index (χ1v) is 10.6. The van der Waals surface area contributed by atoms with Gasteiger partial charge in [-0.2, -0.15) is 11.8 Å². The Morgan fingerprint density at radius 3 is 2.71 bits per heavy atom. The molecule has 2 rings (SSSR count). The van der Waals surface area contributed by atoms with Crippen LogP contribution in [0.15, 0.2) is 4.99 Å². The summed E-state index contributed by atoms with van der Waals surface area (Å²) in [5, 5.41) is 9.04. The largest absolute Gasteiger partial charge is 0.355 e. The topological polar surface area (TPSA) is 103 Å². The molecular weight excluding hydrogens is 465 g/mol. The van der Waals surface area contributed by atoms with E-state index in [-0.39, 0.29) is 41.7 Å². The van der Waals surface area contributed by atoms with Gasteiger partial charge in [0.1, 0.15) is 0 Å². The maximum absolute atomic E-state index is 12.3. The third kappa shape index (κ3) is 6.92. The fraction of sp³-hybridized carbons (Fsp3) is 0.846. The standard InChI is InChI=1S/C13H25N5O3S2.HI/c1-14-13(17-11-2-3-12(19)16-10-11)15-4-9-23(20,21)18-5-7-22-8-6-18;/h11H,2-10H2,1H3,(H,16,19)(H2,14,15,17);1H. The molecule has 0 aromatic rings. The van der Waals surface area contributed by atoms with Gasteiger partial charge >= 0.3 is 0 Å². The number of carbonyl (C=O) groups excluding carboxylic acids is 1. The van der Waals surface area contributed by atoms with Crippen LogP contribution in [0.25, 0.3) is 0 Å². The van der Waals surface area contributed by atoms with Gasteiger partial charge in [-0.1, -0.05) is 0 Å². The molecule has 11 heteroatoms. The summed E-state index contributed by atoms with van der Waals surface area (Å²) < 4.78 is 26.1. The zero-order valence-electron chi connectivity index (χ0n) is 13.8. The Balaban J connectivity index is 0.00000288. The second kappa shape index (κ2) is 10.7. The number of carbonyl (C=O) groups is 1. The number of thioether (sulfide) groups is 1. The number of amides is 1. The lowest BCUT2D eigenvalue weighted by Crippen LogP contribution is -2.52. The highest BCUT2D eigenvalue weighted by atomic mass is 127. The quantitative estimate of drug-likeness (QED) is 0.271. The molecule has 2 aliphatic rings. The molecule has 0 radical (unpaired) electrons. The first kappa shape index (κ1) is 21.8. The van der Waals surface area contributed by atoms with Crippen LogP contribution in [0.1, 0.15) is 12.8 Å². The number of sulfonamides is 1. The highest BCUT2D eigenvalue weighted by Crippen LogP contribution is 2.13. The minimum atomic E-state index is -3.21. The van der Waals surface area contributed by atoms with Crippen molar-refractivity contribution in [2.45, 2.75) is 18.9 Å². The number of nitrogens with one attached hydrogen (secondary N) is 3. The van der Waals surface area contributed by atoms with E-state index in [2.05, 4.69) is 20.9 Å². The van der Waals surface area contributed by atoms with E-state index in [0.717, 1.165) is 17.9 Å². The molecular formula is C13H26IN5O3S2. The monoisotopic (exact) mass is 491 g/mol. The van der Waals surface area contributed by atoms with Gasteiger partial charge in [-0.15, -0.1) is 24.0 Å². The molecule has 0 bridgehead atoms. The molecule has 1 atom stereocenters. The summed E-state index contributed by atoms with van der Waals surface area (Å²) in [7, 11) is -1.56. The average molecular weight is 491 g/mol. The molecule has 2 aliphatic heterocycles. The van der Waals surface area contributed by atoms with E-state index in [0.29, 0.717) is 38.6 Å². The van der Waals surface area contributed by atoms with Crippen LogP contribution in [0, 0.1) is 0 Å². The molecule has 3 N–H and O–H groups in total. The Morgan fingerprint density at radius 1 is 1.42 bits per heavy atom. The molecule has 0 spiro atoms. The number of halogens is 1. The maximum atomic E-state index is 12.3. The smallest absolute Gasteiger partial charge is 0.220 e. The van der Waals surface area contributed by atoms with E-state index in [4.69, 9.17) is 0 Å². The third-order valence-corrected chi connectivity index (χ3v) is 6.66. The maximum Gasteiger partial charge on any atom is 0.220 e. The van der Waals surface area contributed by atoms with Crippen molar-refractivity contribution in [1.29, 1.82) is 0 Å². The van der Waals surface area contributed by atoms with Crippen molar-refractivity contribution in [2.24, 2.45) is 4.99 Å². The Morgan fingerprint density at radius 2 is 2.12 bits per heavy atom. The van der Waals surface area contributed by atoms with Crippen molar-refractivity contribution in [3.05, 3.63) is 0 Å². The van der Waals surface area contributed by atoms with Crippen LogP contribution in [0.2, 0.25) is 0 Å². The molecule has 2 heterocycles. The van der Waals surface area contributed by atoms with Gasteiger partial charge in [0.05, 0.1) is 5.75 Å². The summed E-state index contributed by atoms with van der Waals surface area (Å²) in [6, 6.07) is 0.120. The number of piperidine rings is 1. The Bertz CT molecular complexity index is 528. The Labute approximate surface area is 165 Å². The summed E-state index contributed by atoms with van der Waals surface area (Å²) >= 11 is 1.79.